The first-order chi connectivity index (χ1) is 13.7. The topological polar surface area (TPSA) is 47.9 Å². The van der Waals surface area contributed by atoms with E-state index in [1.807, 2.05) is 31.2 Å². The fourth-order valence-corrected chi connectivity index (χ4v) is 3.71. The normalized spacial score (nSPS) is 15.0. The Bertz CT molecular complexity index is 962. The average Bonchev–Trinajstić information content (AvgIpc) is 3.10. The van der Waals surface area contributed by atoms with Gasteiger partial charge in [-0.15, -0.1) is 5.10 Å². The second-order valence-electron chi connectivity index (χ2n) is 6.83. The molecule has 2 heterocycles. The predicted molar refractivity (Wildman–Crippen MR) is 111 cm³/mol. The van der Waals surface area contributed by atoms with Crippen LogP contribution in [0.15, 0.2) is 59.0 Å². The number of quaternary nitrogens is 1. The molecule has 0 atom stereocenters. The summed E-state index contributed by atoms with van der Waals surface area (Å²) in [5, 5.41) is 4.63. The summed E-state index contributed by atoms with van der Waals surface area (Å²) in [5.41, 5.74) is 2.12. The second kappa shape index (κ2) is 8.58. The summed E-state index contributed by atoms with van der Waals surface area (Å²) in [5.74, 6) is 1.27. The molecule has 1 aromatic heterocycles. The Morgan fingerprint density at radius 1 is 1.07 bits per heavy atom. The minimum atomic E-state index is 0.402. The van der Waals surface area contributed by atoms with Gasteiger partial charge < -0.3 is 19.0 Å². The number of piperazine rings is 1. The highest BCUT2D eigenvalue weighted by Gasteiger charge is 2.22. The molecule has 7 heteroatoms. The quantitative estimate of drug-likeness (QED) is 0.648. The number of para-hydroxylation sites is 2. The van der Waals surface area contributed by atoms with Gasteiger partial charge in [0, 0.05) is 5.69 Å². The summed E-state index contributed by atoms with van der Waals surface area (Å²) >= 11 is 5.42. The third-order valence-electron chi connectivity index (χ3n) is 4.99. The number of anilines is 1. The minimum absolute atomic E-state index is 0.402. The van der Waals surface area contributed by atoms with E-state index in [1.54, 1.807) is 4.68 Å². The molecule has 1 aliphatic rings. The van der Waals surface area contributed by atoms with E-state index in [1.165, 1.54) is 10.6 Å². The van der Waals surface area contributed by atoms with Crippen molar-refractivity contribution < 1.29 is 14.1 Å². The van der Waals surface area contributed by atoms with Crippen molar-refractivity contribution in [1.82, 2.24) is 9.78 Å². The van der Waals surface area contributed by atoms with Crippen LogP contribution in [0.2, 0.25) is 0 Å². The summed E-state index contributed by atoms with van der Waals surface area (Å²) in [4.78, 5) is 4.27. The van der Waals surface area contributed by atoms with Crippen molar-refractivity contribution in [2.45, 2.75) is 13.6 Å². The Hall–Kier alpha value is -2.64. The van der Waals surface area contributed by atoms with E-state index in [-0.39, 0.29) is 0 Å². The fourth-order valence-electron chi connectivity index (χ4n) is 3.53. The van der Waals surface area contributed by atoms with Crippen LogP contribution in [0.3, 0.4) is 0 Å². The molecular formula is C21H25N4O2S+. The molecule has 1 aliphatic heterocycles. The van der Waals surface area contributed by atoms with Gasteiger partial charge in [0.05, 0.1) is 38.3 Å². The molecule has 1 fully saturated rings. The van der Waals surface area contributed by atoms with E-state index in [0.717, 1.165) is 37.5 Å². The molecular weight excluding hydrogens is 372 g/mol. The van der Waals surface area contributed by atoms with E-state index in [4.69, 9.17) is 21.4 Å². The van der Waals surface area contributed by atoms with Crippen LogP contribution in [0.4, 0.5) is 5.69 Å². The second-order valence-corrected chi connectivity index (χ2v) is 7.18. The molecule has 2 aromatic carbocycles. The largest absolute Gasteiger partial charge is 0.493 e. The molecule has 0 radical (unpaired) electrons. The lowest BCUT2D eigenvalue weighted by molar-refractivity contribution is -0.924. The minimum Gasteiger partial charge on any atom is -0.493 e. The Balaban J connectivity index is 1.44. The van der Waals surface area contributed by atoms with Crippen molar-refractivity contribution in [2.24, 2.45) is 0 Å². The van der Waals surface area contributed by atoms with Crippen molar-refractivity contribution in [3.8, 4) is 17.2 Å². The lowest BCUT2D eigenvalue weighted by atomic mass is 10.2. The van der Waals surface area contributed by atoms with Crippen LogP contribution < -0.4 is 14.5 Å². The Morgan fingerprint density at radius 3 is 2.54 bits per heavy atom. The monoisotopic (exact) mass is 397 g/mol. The maximum atomic E-state index is 5.78. The molecule has 4 rings (SSSR count). The van der Waals surface area contributed by atoms with Crippen molar-refractivity contribution in [3.63, 3.8) is 0 Å². The number of hydrogen-bond acceptors (Lipinski definition) is 5. The smallest absolute Gasteiger partial charge is 0.292 e. The zero-order valence-corrected chi connectivity index (χ0v) is 16.8. The van der Waals surface area contributed by atoms with Crippen LogP contribution in [-0.4, -0.2) is 42.6 Å². The van der Waals surface area contributed by atoms with Gasteiger partial charge in [-0.3, -0.25) is 0 Å². The van der Waals surface area contributed by atoms with Crippen LogP contribution in [0, 0.1) is 4.84 Å². The summed E-state index contributed by atoms with van der Waals surface area (Å²) in [6.07, 6.45) is 0. The third kappa shape index (κ3) is 4.10. The number of benzene rings is 2. The molecule has 1 saturated heterocycles. The van der Waals surface area contributed by atoms with Crippen LogP contribution in [0.5, 0.6) is 5.75 Å². The van der Waals surface area contributed by atoms with Crippen molar-refractivity contribution in [3.05, 3.63) is 59.4 Å². The molecule has 0 bridgehead atoms. The first-order valence-electron chi connectivity index (χ1n) is 9.68. The zero-order chi connectivity index (χ0) is 19.3. The van der Waals surface area contributed by atoms with Gasteiger partial charge in [0.1, 0.15) is 5.75 Å². The van der Waals surface area contributed by atoms with Crippen LogP contribution in [0.1, 0.15) is 6.92 Å². The number of nitrogens with zero attached hydrogens (tertiary/aromatic N) is 3. The highest BCUT2D eigenvalue weighted by atomic mass is 32.1. The van der Waals surface area contributed by atoms with Gasteiger partial charge in [0.15, 0.2) is 6.67 Å². The van der Waals surface area contributed by atoms with Gasteiger partial charge >= 0.3 is 0 Å². The Morgan fingerprint density at radius 2 is 1.79 bits per heavy atom. The van der Waals surface area contributed by atoms with Crippen LogP contribution in [0.25, 0.3) is 11.5 Å². The van der Waals surface area contributed by atoms with E-state index in [0.29, 0.717) is 24.0 Å². The molecule has 6 nitrogen and oxygen atoms in total. The summed E-state index contributed by atoms with van der Waals surface area (Å²) < 4.78 is 13.3. The van der Waals surface area contributed by atoms with Gasteiger partial charge in [-0.1, -0.05) is 30.3 Å². The molecule has 146 valence electrons. The number of aromatic nitrogens is 2. The Labute approximate surface area is 169 Å². The number of hydrogen-bond donors (Lipinski definition) is 1. The molecule has 3 aromatic rings. The lowest BCUT2D eigenvalue weighted by Crippen LogP contribution is -3.14. The highest BCUT2D eigenvalue weighted by molar-refractivity contribution is 7.71. The SMILES string of the molecule is CCOc1ccccc1-c1nn(C[NH+]2CCN(c3ccccc3)CC2)c(=S)o1. The summed E-state index contributed by atoms with van der Waals surface area (Å²) in [6.45, 7) is 7.37. The van der Waals surface area contributed by atoms with Gasteiger partial charge in [0.25, 0.3) is 10.7 Å². The Kier molecular flexibility index (Phi) is 5.73. The molecule has 0 aliphatic carbocycles. The van der Waals surface area contributed by atoms with Gasteiger partial charge in [0.2, 0.25) is 0 Å². The molecule has 0 amide bonds. The maximum Gasteiger partial charge on any atom is 0.292 e. The first-order valence-corrected chi connectivity index (χ1v) is 10.1. The zero-order valence-electron chi connectivity index (χ0n) is 16.0. The molecule has 0 unspecified atom stereocenters. The van der Waals surface area contributed by atoms with Crippen molar-refractivity contribution in [2.75, 3.05) is 37.7 Å². The van der Waals surface area contributed by atoms with Crippen molar-refractivity contribution in [1.29, 1.82) is 0 Å². The van der Waals surface area contributed by atoms with Gasteiger partial charge in [-0.05, 0) is 43.4 Å². The van der Waals surface area contributed by atoms with E-state index >= 15 is 0 Å². The van der Waals surface area contributed by atoms with E-state index < -0.39 is 0 Å². The van der Waals surface area contributed by atoms with E-state index in [2.05, 4.69) is 40.3 Å². The van der Waals surface area contributed by atoms with Crippen LogP contribution in [-0.2, 0) is 6.67 Å². The van der Waals surface area contributed by atoms with Gasteiger partial charge in [-0.25, -0.2) is 0 Å². The predicted octanol–water partition coefficient (Wildman–Crippen LogP) is 2.63. The van der Waals surface area contributed by atoms with Crippen molar-refractivity contribution >= 4 is 17.9 Å². The fraction of sp³-hybridized carbons (Fsp3) is 0.333. The number of nitrogens with one attached hydrogen (secondary N) is 1. The third-order valence-corrected chi connectivity index (χ3v) is 5.28. The standard InChI is InChI=1S/C21H24N4O2S/c1-2-26-19-11-7-6-10-18(19)20-22-25(21(28)27-20)16-23-12-14-24(15-13-23)17-8-4-3-5-9-17/h3-11H,2,12-16H2,1H3/p+1. The van der Waals surface area contributed by atoms with E-state index in [9.17, 15) is 0 Å². The molecule has 0 saturated carbocycles. The molecule has 28 heavy (non-hydrogen) atoms. The number of ether oxygens (including phenoxy) is 1. The van der Waals surface area contributed by atoms with Crippen LogP contribution >= 0.6 is 12.2 Å². The molecule has 0 spiro atoms. The maximum absolute atomic E-state index is 5.78. The highest BCUT2D eigenvalue weighted by Crippen LogP contribution is 2.28. The van der Waals surface area contributed by atoms with Gasteiger partial charge in [-0.2, -0.15) is 4.68 Å². The molecule has 1 N–H and O–H groups in total. The summed E-state index contributed by atoms with van der Waals surface area (Å²) in [7, 11) is 0. The lowest BCUT2D eigenvalue weighted by Gasteiger charge is -2.33. The first kappa shape index (κ1) is 18.7. The summed E-state index contributed by atoms with van der Waals surface area (Å²) in [6, 6.07) is 18.3. The average molecular weight is 398 g/mol. The number of rotatable bonds is 6.